The second kappa shape index (κ2) is 5.01. The maximum atomic E-state index is 10.8. The van der Waals surface area contributed by atoms with Crippen LogP contribution >= 0.6 is 11.6 Å². The number of fused-ring (bicyclic) bond motifs is 1. The summed E-state index contributed by atoms with van der Waals surface area (Å²) < 4.78 is 12.2. The number of aromatic nitrogens is 2. The predicted octanol–water partition coefficient (Wildman–Crippen LogP) is 2.31. The summed E-state index contributed by atoms with van der Waals surface area (Å²) in [7, 11) is 0. The predicted molar refractivity (Wildman–Crippen MR) is 70.1 cm³/mol. The molecule has 2 aromatic rings. The number of imidazole rings is 1. The Kier molecular flexibility index (Phi) is 3.19. The van der Waals surface area contributed by atoms with Crippen LogP contribution in [0.2, 0.25) is 0 Å². The fraction of sp³-hybridized carbons (Fsp3) is 0.250. The van der Waals surface area contributed by atoms with E-state index in [0.29, 0.717) is 23.7 Å². The number of halogens is 1. The van der Waals surface area contributed by atoms with Crippen molar-refractivity contribution in [3.05, 3.63) is 45.9 Å². The van der Waals surface area contributed by atoms with Gasteiger partial charge in [-0.1, -0.05) is 6.07 Å². The Morgan fingerprint density at radius 1 is 1.40 bits per heavy atom. The monoisotopic (exact) mass is 295 g/mol. The van der Waals surface area contributed by atoms with Crippen LogP contribution in [0.3, 0.4) is 0 Å². The lowest BCUT2D eigenvalue weighted by molar-refractivity contribution is -0.390. The van der Waals surface area contributed by atoms with Crippen molar-refractivity contribution in [1.82, 2.24) is 9.55 Å². The van der Waals surface area contributed by atoms with Crippen LogP contribution in [0, 0.1) is 10.1 Å². The number of nitrogens with zero attached hydrogens (tertiary/aromatic N) is 3. The first-order chi connectivity index (χ1) is 9.69. The normalized spacial score (nSPS) is 12.7. The van der Waals surface area contributed by atoms with Crippen LogP contribution in [-0.2, 0) is 12.4 Å². The fourth-order valence-corrected chi connectivity index (χ4v) is 2.33. The molecule has 3 rings (SSSR count). The van der Waals surface area contributed by atoms with Gasteiger partial charge in [-0.05, 0) is 27.6 Å². The highest BCUT2D eigenvalue weighted by Crippen LogP contribution is 2.33. The third-order valence-corrected chi connectivity index (χ3v) is 3.27. The molecule has 7 nitrogen and oxygen atoms in total. The van der Waals surface area contributed by atoms with Gasteiger partial charge in [0.25, 0.3) is 0 Å². The number of nitro groups is 1. The highest BCUT2D eigenvalue weighted by atomic mass is 35.5. The molecule has 1 aliphatic rings. The van der Waals surface area contributed by atoms with Gasteiger partial charge in [-0.2, -0.15) is 0 Å². The number of benzene rings is 1. The maximum Gasteiger partial charge on any atom is 0.386 e. The van der Waals surface area contributed by atoms with E-state index in [-0.39, 0.29) is 18.5 Å². The van der Waals surface area contributed by atoms with E-state index in [2.05, 4.69) is 4.98 Å². The second-order valence-corrected chi connectivity index (χ2v) is 4.49. The number of hydrogen-bond donors (Lipinski definition) is 0. The fourth-order valence-electron chi connectivity index (χ4n) is 2.06. The molecule has 1 aromatic carbocycles. The third-order valence-electron chi connectivity index (χ3n) is 3.01. The van der Waals surface area contributed by atoms with E-state index in [0.717, 1.165) is 5.56 Å². The standard InChI is InChI=1S/C12H10ClN3O4/c13-4-9-12(16(17)18)14-6-15(9)5-8-1-2-10-11(3-8)20-7-19-10/h1-3,6H,4-5,7H2. The molecule has 104 valence electrons. The Morgan fingerprint density at radius 3 is 2.95 bits per heavy atom. The lowest BCUT2D eigenvalue weighted by Crippen LogP contribution is -2.03. The van der Waals surface area contributed by atoms with Gasteiger partial charge in [-0.25, -0.2) is 0 Å². The van der Waals surface area contributed by atoms with Crippen LogP contribution in [-0.4, -0.2) is 21.3 Å². The zero-order valence-electron chi connectivity index (χ0n) is 10.3. The van der Waals surface area contributed by atoms with Crippen molar-refractivity contribution in [2.45, 2.75) is 12.4 Å². The van der Waals surface area contributed by atoms with Crippen molar-refractivity contribution in [2.75, 3.05) is 6.79 Å². The Morgan fingerprint density at radius 2 is 2.20 bits per heavy atom. The first-order valence-electron chi connectivity index (χ1n) is 5.82. The number of alkyl halides is 1. The molecule has 0 fully saturated rings. The smallest absolute Gasteiger partial charge is 0.386 e. The first kappa shape index (κ1) is 12.7. The molecule has 0 unspecified atom stereocenters. The van der Waals surface area contributed by atoms with E-state index in [4.69, 9.17) is 21.1 Å². The van der Waals surface area contributed by atoms with Gasteiger partial charge in [-0.15, -0.1) is 11.6 Å². The molecular weight excluding hydrogens is 286 g/mol. The molecular formula is C12H10ClN3O4. The van der Waals surface area contributed by atoms with E-state index in [1.807, 2.05) is 18.2 Å². The Bertz CT molecular complexity index is 671. The average molecular weight is 296 g/mol. The van der Waals surface area contributed by atoms with Crippen LogP contribution in [0.4, 0.5) is 5.82 Å². The molecule has 0 bridgehead atoms. The summed E-state index contributed by atoms with van der Waals surface area (Å²) in [4.78, 5) is 14.1. The zero-order valence-corrected chi connectivity index (χ0v) is 11.0. The summed E-state index contributed by atoms with van der Waals surface area (Å²) in [5.74, 6) is 1.19. The summed E-state index contributed by atoms with van der Waals surface area (Å²) in [6.07, 6.45) is 1.42. The van der Waals surface area contributed by atoms with Crippen LogP contribution in [0.15, 0.2) is 24.5 Å². The van der Waals surface area contributed by atoms with Crippen LogP contribution in [0.5, 0.6) is 11.5 Å². The van der Waals surface area contributed by atoms with Gasteiger partial charge in [0.05, 0.1) is 12.4 Å². The van der Waals surface area contributed by atoms with Gasteiger partial charge in [-0.3, -0.25) is 0 Å². The summed E-state index contributed by atoms with van der Waals surface area (Å²) >= 11 is 5.77. The van der Waals surface area contributed by atoms with Crippen molar-refractivity contribution in [3.8, 4) is 11.5 Å². The highest BCUT2D eigenvalue weighted by Gasteiger charge is 2.21. The molecule has 20 heavy (non-hydrogen) atoms. The highest BCUT2D eigenvalue weighted by molar-refractivity contribution is 6.17. The molecule has 8 heteroatoms. The zero-order chi connectivity index (χ0) is 14.1. The Labute approximate surface area is 118 Å². The van der Waals surface area contributed by atoms with Crippen LogP contribution in [0.1, 0.15) is 11.3 Å². The molecule has 0 radical (unpaired) electrons. The molecule has 0 amide bonds. The minimum absolute atomic E-state index is 0.0286. The summed E-state index contributed by atoms with van der Waals surface area (Å²) in [6.45, 7) is 0.641. The van der Waals surface area contributed by atoms with Crippen molar-refractivity contribution < 1.29 is 14.4 Å². The van der Waals surface area contributed by atoms with Crippen molar-refractivity contribution in [1.29, 1.82) is 0 Å². The number of hydrogen-bond acceptors (Lipinski definition) is 5. The number of rotatable bonds is 4. The van der Waals surface area contributed by atoms with Gasteiger partial charge in [0.1, 0.15) is 5.69 Å². The van der Waals surface area contributed by atoms with Crippen LogP contribution < -0.4 is 9.47 Å². The SMILES string of the molecule is O=[N+]([O-])c1ncn(Cc2ccc3c(c2)OCO3)c1CCl. The molecule has 0 spiro atoms. The van der Waals surface area contributed by atoms with Gasteiger partial charge in [0.2, 0.25) is 13.1 Å². The van der Waals surface area contributed by atoms with Gasteiger partial charge in [0.15, 0.2) is 11.5 Å². The lowest BCUT2D eigenvalue weighted by Gasteiger charge is -2.06. The van der Waals surface area contributed by atoms with E-state index in [1.54, 1.807) is 4.57 Å². The van der Waals surface area contributed by atoms with E-state index in [1.165, 1.54) is 6.33 Å². The first-order valence-corrected chi connectivity index (χ1v) is 6.35. The van der Waals surface area contributed by atoms with Gasteiger partial charge in [0, 0.05) is 0 Å². The largest absolute Gasteiger partial charge is 0.454 e. The lowest BCUT2D eigenvalue weighted by atomic mass is 10.2. The molecule has 1 aromatic heterocycles. The minimum Gasteiger partial charge on any atom is -0.454 e. The van der Waals surface area contributed by atoms with Crippen molar-refractivity contribution in [2.24, 2.45) is 0 Å². The molecule has 0 N–H and O–H groups in total. The third kappa shape index (κ3) is 2.16. The van der Waals surface area contributed by atoms with Crippen LogP contribution in [0.25, 0.3) is 0 Å². The maximum absolute atomic E-state index is 10.8. The summed E-state index contributed by atoms with van der Waals surface area (Å²) in [5.41, 5.74) is 1.31. The topological polar surface area (TPSA) is 79.4 Å². The molecule has 0 saturated carbocycles. The Hall–Kier alpha value is -2.28. The quantitative estimate of drug-likeness (QED) is 0.491. The van der Waals surface area contributed by atoms with Gasteiger partial charge < -0.3 is 24.2 Å². The second-order valence-electron chi connectivity index (χ2n) is 4.22. The molecule has 0 saturated heterocycles. The molecule has 2 heterocycles. The molecule has 0 atom stereocenters. The van der Waals surface area contributed by atoms with Crippen molar-refractivity contribution >= 4 is 17.4 Å². The van der Waals surface area contributed by atoms with Gasteiger partial charge >= 0.3 is 5.82 Å². The van der Waals surface area contributed by atoms with E-state index < -0.39 is 4.92 Å². The number of ether oxygens (including phenoxy) is 2. The summed E-state index contributed by atoms with van der Waals surface area (Å²) in [5, 5.41) is 10.8. The van der Waals surface area contributed by atoms with Crippen molar-refractivity contribution in [3.63, 3.8) is 0 Å². The minimum atomic E-state index is -0.534. The average Bonchev–Trinajstić information content (AvgIpc) is 3.04. The molecule has 1 aliphatic heterocycles. The van der Waals surface area contributed by atoms with E-state index >= 15 is 0 Å². The summed E-state index contributed by atoms with van der Waals surface area (Å²) in [6, 6.07) is 5.52. The Balaban J connectivity index is 1.89. The van der Waals surface area contributed by atoms with E-state index in [9.17, 15) is 10.1 Å². The molecule has 0 aliphatic carbocycles.